The van der Waals surface area contributed by atoms with Gasteiger partial charge in [0.2, 0.25) is 10.0 Å². The average Bonchev–Trinajstić information content (AvgIpc) is 2.39. The zero-order valence-electron chi connectivity index (χ0n) is 11.4. The van der Waals surface area contributed by atoms with Crippen LogP contribution in [0.4, 0.5) is 10.1 Å². The number of nitrogen functional groups attached to an aromatic ring is 1. The zero-order valence-corrected chi connectivity index (χ0v) is 12.2. The molecule has 0 aromatic heterocycles. The Morgan fingerprint density at radius 1 is 1.50 bits per heavy atom. The van der Waals surface area contributed by atoms with Gasteiger partial charge in [-0.05, 0) is 37.0 Å². The summed E-state index contributed by atoms with van der Waals surface area (Å²) in [5, 5.41) is 0. The van der Waals surface area contributed by atoms with Crippen LogP contribution in [-0.2, 0) is 14.8 Å². The summed E-state index contributed by atoms with van der Waals surface area (Å²) in [6.07, 6.45) is 1.73. The van der Waals surface area contributed by atoms with Gasteiger partial charge >= 0.3 is 0 Å². The summed E-state index contributed by atoms with van der Waals surface area (Å²) < 4.78 is 44.6. The fraction of sp³-hybridized carbons (Fsp3) is 0.538. The Bertz CT molecular complexity index is 575. The molecule has 0 spiro atoms. The van der Waals surface area contributed by atoms with Crippen molar-refractivity contribution in [2.75, 3.05) is 32.5 Å². The van der Waals surface area contributed by atoms with Crippen LogP contribution in [0.1, 0.15) is 12.8 Å². The monoisotopic (exact) mass is 302 g/mol. The van der Waals surface area contributed by atoms with Crippen molar-refractivity contribution in [1.82, 2.24) is 4.31 Å². The van der Waals surface area contributed by atoms with Crippen molar-refractivity contribution in [3.63, 3.8) is 0 Å². The SMILES string of the molecule is COCC1CCCN(S(=O)(=O)c2ccc(F)cc2N)C1. The minimum Gasteiger partial charge on any atom is -0.398 e. The average molecular weight is 302 g/mol. The van der Waals surface area contributed by atoms with Gasteiger partial charge in [-0.2, -0.15) is 4.31 Å². The number of sulfonamides is 1. The first kappa shape index (κ1) is 15.2. The molecule has 1 aromatic carbocycles. The van der Waals surface area contributed by atoms with Crippen LogP contribution in [0.25, 0.3) is 0 Å². The summed E-state index contributed by atoms with van der Waals surface area (Å²) >= 11 is 0. The molecule has 20 heavy (non-hydrogen) atoms. The number of hydrogen-bond donors (Lipinski definition) is 1. The normalized spacial score (nSPS) is 21.0. The number of nitrogens with two attached hydrogens (primary N) is 1. The van der Waals surface area contributed by atoms with Crippen molar-refractivity contribution in [3.05, 3.63) is 24.0 Å². The van der Waals surface area contributed by atoms with E-state index in [1.807, 2.05) is 0 Å². The second-order valence-corrected chi connectivity index (χ2v) is 6.92. The van der Waals surface area contributed by atoms with Crippen LogP contribution in [-0.4, -0.2) is 39.5 Å². The number of benzene rings is 1. The maximum absolute atomic E-state index is 13.0. The summed E-state index contributed by atoms with van der Waals surface area (Å²) in [5.41, 5.74) is 5.58. The highest BCUT2D eigenvalue weighted by Crippen LogP contribution is 2.27. The fourth-order valence-electron chi connectivity index (χ4n) is 2.51. The molecule has 1 unspecified atom stereocenters. The van der Waals surface area contributed by atoms with Crippen molar-refractivity contribution in [2.24, 2.45) is 5.92 Å². The van der Waals surface area contributed by atoms with E-state index in [9.17, 15) is 12.8 Å². The second-order valence-electron chi connectivity index (χ2n) is 5.01. The molecule has 1 heterocycles. The van der Waals surface area contributed by atoms with E-state index in [0.717, 1.165) is 25.0 Å². The Morgan fingerprint density at radius 3 is 2.90 bits per heavy atom. The van der Waals surface area contributed by atoms with Crippen LogP contribution in [0.3, 0.4) is 0 Å². The number of halogens is 1. The standard InChI is InChI=1S/C13H19FN2O3S/c1-19-9-10-3-2-6-16(8-10)20(17,18)13-5-4-11(14)7-12(13)15/h4-5,7,10H,2-3,6,8-9,15H2,1H3. The Balaban J connectivity index is 2.25. The molecule has 1 atom stereocenters. The van der Waals surface area contributed by atoms with E-state index in [0.29, 0.717) is 19.7 Å². The molecule has 5 nitrogen and oxygen atoms in total. The summed E-state index contributed by atoms with van der Waals surface area (Å²) in [7, 11) is -2.07. The third kappa shape index (κ3) is 3.11. The third-order valence-electron chi connectivity index (χ3n) is 3.47. The summed E-state index contributed by atoms with van der Waals surface area (Å²) in [6, 6.07) is 3.36. The molecule has 1 fully saturated rings. The van der Waals surface area contributed by atoms with Crippen LogP contribution in [0.2, 0.25) is 0 Å². The maximum atomic E-state index is 13.0. The van der Waals surface area contributed by atoms with Crippen molar-refractivity contribution in [3.8, 4) is 0 Å². The highest BCUT2D eigenvalue weighted by atomic mass is 32.2. The molecular formula is C13H19FN2O3S. The van der Waals surface area contributed by atoms with Gasteiger partial charge in [0, 0.05) is 20.2 Å². The number of methoxy groups -OCH3 is 1. The predicted octanol–water partition coefficient (Wildman–Crippen LogP) is 1.46. The first-order valence-electron chi connectivity index (χ1n) is 6.49. The van der Waals surface area contributed by atoms with Gasteiger partial charge in [-0.1, -0.05) is 0 Å². The first-order chi connectivity index (χ1) is 9.45. The number of anilines is 1. The number of ether oxygens (including phenoxy) is 1. The summed E-state index contributed by atoms with van der Waals surface area (Å²) in [4.78, 5) is -0.0306. The van der Waals surface area contributed by atoms with Crippen LogP contribution >= 0.6 is 0 Å². The molecule has 1 aromatic rings. The van der Waals surface area contributed by atoms with Crippen molar-refractivity contribution < 1.29 is 17.5 Å². The summed E-state index contributed by atoms with van der Waals surface area (Å²) in [6.45, 7) is 1.40. The highest BCUT2D eigenvalue weighted by Gasteiger charge is 2.31. The van der Waals surface area contributed by atoms with E-state index in [-0.39, 0.29) is 16.5 Å². The number of nitrogens with zero attached hydrogens (tertiary/aromatic N) is 1. The topological polar surface area (TPSA) is 72.6 Å². The molecule has 0 saturated carbocycles. The van der Waals surface area contributed by atoms with E-state index in [1.165, 1.54) is 10.4 Å². The molecule has 1 aliphatic heterocycles. The predicted molar refractivity (Wildman–Crippen MR) is 74.2 cm³/mol. The van der Waals surface area contributed by atoms with Gasteiger partial charge in [-0.15, -0.1) is 0 Å². The Hall–Kier alpha value is -1.18. The van der Waals surface area contributed by atoms with Gasteiger partial charge in [0.1, 0.15) is 10.7 Å². The maximum Gasteiger partial charge on any atom is 0.245 e. The molecule has 2 N–H and O–H groups in total. The summed E-state index contributed by atoms with van der Waals surface area (Å²) in [5.74, 6) is -0.359. The second kappa shape index (κ2) is 6.07. The Kier molecular flexibility index (Phi) is 4.62. The van der Waals surface area contributed by atoms with Crippen LogP contribution < -0.4 is 5.73 Å². The van der Waals surface area contributed by atoms with Crippen molar-refractivity contribution >= 4 is 15.7 Å². The van der Waals surface area contributed by atoms with Crippen molar-refractivity contribution in [1.29, 1.82) is 0 Å². The van der Waals surface area contributed by atoms with Gasteiger partial charge < -0.3 is 10.5 Å². The van der Waals surface area contributed by atoms with Gasteiger partial charge in [-0.25, -0.2) is 12.8 Å². The quantitative estimate of drug-likeness (QED) is 0.855. The number of rotatable bonds is 4. The molecule has 0 bridgehead atoms. The largest absolute Gasteiger partial charge is 0.398 e. The lowest BCUT2D eigenvalue weighted by Gasteiger charge is -2.31. The molecule has 7 heteroatoms. The van der Waals surface area contributed by atoms with Crippen LogP contribution in [0.15, 0.2) is 23.1 Å². The molecule has 2 rings (SSSR count). The fourth-order valence-corrected chi connectivity index (χ4v) is 4.16. The smallest absolute Gasteiger partial charge is 0.245 e. The minimum atomic E-state index is -3.67. The van der Waals surface area contributed by atoms with E-state index in [1.54, 1.807) is 7.11 Å². The molecule has 0 radical (unpaired) electrons. The van der Waals surface area contributed by atoms with E-state index in [4.69, 9.17) is 10.5 Å². The lowest BCUT2D eigenvalue weighted by Crippen LogP contribution is -2.41. The van der Waals surface area contributed by atoms with Gasteiger partial charge in [0.05, 0.1) is 12.3 Å². The molecule has 0 amide bonds. The van der Waals surface area contributed by atoms with E-state index >= 15 is 0 Å². The number of hydrogen-bond acceptors (Lipinski definition) is 4. The third-order valence-corrected chi connectivity index (χ3v) is 5.41. The van der Waals surface area contributed by atoms with Crippen LogP contribution in [0.5, 0.6) is 0 Å². The molecule has 0 aliphatic carbocycles. The number of piperidine rings is 1. The zero-order chi connectivity index (χ0) is 14.8. The minimum absolute atomic E-state index is 0.0306. The Morgan fingerprint density at radius 2 is 2.25 bits per heavy atom. The van der Waals surface area contributed by atoms with Crippen LogP contribution in [0, 0.1) is 11.7 Å². The van der Waals surface area contributed by atoms with Gasteiger partial charge in [-0.3, -0.25) is 0 Å². The van der Waals surface area contributed by atoms with Crippen molar-refractivity contribution in [2.45, 2.75) is 17.7 Å². The van der Waals surface area contributed by atoms with Gasteiger partial charge in [0.15, 0.2) is 0 Å². The van der Waals surface area contributed by atoms with Gasteiger partial charge in [0.25, 0.3) is 0 Å². The highest BCUT2D eigenvalue weighted by molar-refractivity contribution is 7.89. The molecule has 112 valence electrons. The molecule has 1 saturated heterocycles. The van der Waals surface area contributed by atoms with E-state index < -0.39 is 15.8 Å². The van der Waals surface area contributed by atoms with E-state index in [2.05, 4.69) is 0 Å². The molecular weight excluding hydrogens is 283 g/mol. The Labute approximate surface area is 118 Å². The lowest BCUT2D eigenvalue weighted by molar-refractivity contribution is 0.118. The first-order valence-corrected chi connectivity index (χ1v) is 7.93. The lowest BCUT2D eigenvalue weighted by atomic mass is 10.0. The molecule has 1 aliphatic rings.